The van der Waals surface area contributed by atoms with Crippen molar-refractivity contribution >= 4 is 35.2 Å². The van der Waals surface area contributed by atoms with Gasteiger partial charge in [0, 0.05) is 11.6 Å². The van der Waals surface area contributed by atoms with Crippen molar-refractivity contribution in [3.8, 4) is 11.8 Å². The third kappa shape index (κ3) is 5.10. The Morgan fingerprint density at radius 2 is 1.81 bits per heavy atom. The Kier molecular flexibility index (Phi) is 7.52. The molecule has 0 radical (unpaired) electrons. The first-order chi connectivity index (χ1) is 15.5. The summed E-state index contributed by atoms with van der Waals surface area (Å²) in [6, 6.07) is 17.8. The molecule has 1 heterocycles. The summed E-state index contributed by atoms with van der Waals surface area (Å²) in [6.45, 7) is 0. The minimum atomic E-state index is -1.20. The van der Waals surface area contributed by atoms with Crippen molar-refractivity contribution in [1.29, 1.82) is 5.26 Å². The highest BCUT2D eigenvalue weighted by atomic mass is 32.2. The molecule has 3 rings (SSSR count). The normalized spacial score (nSPS) is 17.7. The average Bonchev–Trinajstić information content (AvgIpc) is 2.82. The van der Waals surface area contributed by atoms with Crippen LogP contribution in [0.4, 0.5) is 5.69 Å². The number of hydrogen-bond acceptors (Lipinski definition) is 7. The van der Waals surface area contributed by atoms with Crippen LogP contribution in [0.1, 0.15) is 11.5 Å². The minimum Gasteiger partial charge on any atom is -0.497 e. The van der Waals surface area contributed by atoms with E-state index < -0.39 is 23.7 Å². The predicted molar refractivity (Wildman–Crippen MR) is 120 cm³/mol. The van der Waals surface area contributed by atoms with E-state index in [0.717, 1.165) is 11.8 Å². The Bertz CT molecular complexity index is 1080. The zero-order valence-electron chi connectivity index (χ0n) is 17.5. The van der Waals surface area contributed by atoms with Crippen LogP contribution in [0.2, 0.25) is 0 Å². The van der Waals surface area contributed by atoms with Gasteiger partial charge in [-0.05, 0) is 29.8 Å². The van der Waals surface area contributed by atoms with Gasteiger partial charge in [-0.2, -0.15) is 5.26 Å². The van der Waals surface area contributed by atoms with Crippen molar-refractivity contribution in [3.63, 3.8) is 0 Å². The number of thioether (sulfide) groups is 1. The number of ether oxygens (including phenoxy) is 2. The molecule has 32 heavy (non-hydrogen) atoms. The van der Waals surface area contributed by atoms with Crippen molar-refractivity contribution in [2.45, 2.75) is 5.92 Å². The van der Waals surface area contributed by atoms with Crippen molar-refractivity contribution in [2.24, 2.45) is 5.92 Å². The number of nitrogens with zero attached hydrogens (tertiary/aromatic N) is 1. The number of esters is 1. The molecule has 0 fully saturated rings. The summed E-state index contributed by atoms with van der Waals surface area (Å²) in [5, 5.41) is 15.5. The molecule has 1 aliphatic rings. The number of carbonyl (C=O) groups excluding carboxylic acids is 3. The molecule has 0 bridgehead atoms. The number of benzene rings is 2. The van der Waals surface area contributed by atoms with Gasteiger partial charge in [0.2, 0.25) is 11.8 Å². The lowest BCUT2D eigenvalue weighted by Gasteiger charge is -2.30. The number of nitrogens with one attached hydrogen (secondary N) is 2. The molecule has 2 aromatic rings. The van der Waals surface area contributed by atoms with E-state index in [1.54, 1.807) is 61.7 Å². The summed E-state index contributed by atoms with van der Waals surface area (Å²) in [4.78, 5) is 37.5. The highest BCUT2D eigenvalue weighted by Gasteiger charge is 2.44. The number of rotatable bonds is 7. The quantitative estimate of drug-likeness (QED) is 0.491. The minimum absolute atomic E-state index is 0.0444. The topological polar surface area (TPSA) is 118 Å². The van der Waals surface area contributed by atoms with Crippen molar-refractivity contribution in [1.82, 2.24) is 5.32 Å². The number of allylic oxidation sites excluding steroid dienone is 1. The molecule has 0 saturated heterocycles. The fraction of sp³-hybridized carbons (Fsp3) is 0.217. The van der Waals surface area contributed by atoms with Gasteiger partial charge in [0.05, 0.1) is 36.6 Å². The Morgan fingerprint density at radius 1 is 1.12 bits per heavy atom. The maximum atomic E-state index is 12.8. The number of anilines is 1. The lowest BCUT2D eigenvalue weighted by atomic mass is 9.78. The van der Waals surface area contributed by atoms with Crippen LogP contribution in [-0.4, -0.2) is 37.8 Å². The zero-order chi connectivity index (χ0) is 23.1. The second-order valence-electron chi connectivity index (χ2n) is 6.80. The van der Waals surface area contributed by atoms with Crippen LogP contribution in [0.5, 0.6) is 5.75 Å². The van der Waals surface area contributed by atoms with Crippen LogP contribution in [0.3, 0.4) is 0 Å². The zero-order valence-corrected chi connectivity index (χ0v) is 18.3. The fourth-order valence-corrected chi connectivity index (χ4v) is 4.20. The Morgan fingerprint density at radius 3 is 2.41 bits per heavy atom. The van der Waals surface area contributed by atoms with E-state index >= 15 is 0 Å². The highest BCUT2D eigenvalue weighted by molar-refractivity contribution is 8.03. The van der Waals surface area contributed by atoms with Gasteiger partial charge < -0.3 is 20.1 Å². The molecule has 0 spiro atoms. The van der Waals surface area contributed by atoms with E-state index in [1.165, 1.54) is 7.11 Å². The van der Waals surface area contributed by atoms with E-state index in [1.807, 2.05) is 0 Å². The van der Waals surface area contributed by atoms with Gasteiger partial charge in [0.25, 0.3) is 0 Å². The van der Waals surface area contributed by atoms with E-state index in [4.69, 9.17) is 9.47 Å². The highest BCUT2D eigenvalue weighted by Crippen LogP contribution is 2.40. The first-order valence-corrected chi connectivity index (χ1v) is 10.6. The summed E-state index contributed by atoms with van der Waals surface area (Å²) < 4.78 is 9.90. The maximum Gasteiger partial charge on any atom is 0.319 e. The number of methoxy groups -OCH3 is 2. The third-order valence-electron chi connectivity index (χ3n) is 4.86. The Labute approximate surface area is 189 Å². The van der Waals surface area contributed by atoms with Gasteiger partial charge in [0.1, 0.15) is 11.7 Å². The first kappa shape index (κ1) is 22.9. The Hall–Kier alpha value is -3.77. The second kappa shape index (κ2) is 10.5. The van der Waals surface area contributed by atoms with Crippen molar-refractivity contribution < 1.29 is 23.9 Å². The van der Waals surface area contributed by atoms with Crippen LogP contribution in [-0.2, 0) is 19.1 Å². The van der Waals surface area contributed by atoms with Crippen molar-refractivity contribution in [3.05, 3.63) is 70.8 Å². The predicted octanol–water partition coefficient (Wildman–Crippen LogP) is 2.80. The monoisotopic (exact) mass is 451 g/mol. The largest absolute Gasteiger partial charge is 0.497 e. The smallest absolute Gasteiger partial charge is 0.319 e. The van der Waals surface area contributed by atoms with E-state index in [0.29, 0.717) is 17.0 Å². The number of hydrogen-bond donors (Lipinski definition) is 2. The molecule has 2 amide bonds. The molecule has 2 aromatic carbocycles. The summed E-state index contributed by atoms with van der Waals surface area (Å²) in [5.41, 5.74) is 1.43. The SMILES string of the molecule is COC(=O)[C@@H]1C(=O)NC(SCC(=O)Nc2ccc(OC)cc2)=C(C#N)[C@@H]1c1ccccc1. The third-order valence-corrected chi connectivity index (χ3v) is 5.88. The van der Waals surface area contributed by atoms with E-state index in [2.05, 4.69) is 16.7 Å². The summed E-state index contributed by atoms with van der Waals surface area (Å²) in [5.74, 6) is -3.02. The number of carbonyl (C=O) groups is 3. The van der Waals surface area contributed by atoms with Gasteiger partial charge in [-0.15, -0.1) is 0 Å². The molecular weight excluding hydrogens is 430 g/mol. The molecule has 9 heteroatoms. The van der Waals surface area contributed by atoms with Crippen LogP contribution >= 0.6 is 11.8 Å². The summed E-state index contributed by atoms with van der Waals surface area (Å²) in [7, 11) is 2.75. The molecule has 0 saturated carbocycles. The van der Waals surface area contributed by atoms with Gasteiger partial charge in [-0.3, -0.25) is 14.4 Å². The molecule has 1 aliphatic heterocycles. The van der Waals surface area contributed by atoms with Crippen LogP contribution in [0, 0.1) is 17.2 Å². The molecular formula is C23H21N3O5S. The molecule has 0 aromatic heterocycles. The molecule has 2 atom stereocenters. The standard InChI is InChI=1S/C23H21N3O5S/c1-30-16-10-8-15(9-11-16)25-18(27)13-32-22-17(12-24)19(14-6-4-3-5-7-14)20(21(28)26-22)23(29)31-2/h3-11,19-20H,13H2,1-2H3,(H,25,27)(H,26,28)/t19-,20-/m0/s1. The van der Waals surface area contributed by atoms with Gasteiger partial charge in [-0.25, -0.2) is 0 Å². The first-order valence-electron chi connectivity index (χ1n) is 9.63. The van der Waals surface area contributed by atoms with Crippen LogP contribution in [0.15, 0.2) is 65.2 Å². The molecule has 164 valence electrons. The van der Waals surface area contributed by atoms with Crippen LogP contribution in [0.25, 0.3) is 0 Å². The Balaban J connectivity index is 1.82. The lowest BCUT2D eigenvalue weighted by Crippen LogP contribution is -2.44. The molecule has 0 aliphatic carbocycles. The summed E-state index contributed by atoms with van der Waals surface area (Å²) in [6.07, 6.45) is 0. The fourth-order valence-electron chi connectivity index (χ4n) is 3.35. The molecule has 8 nitrogen and oxygen atoms in total. The summed E-state index contributed by atoms with van der Waals surface area (Å²) >= 11 is 1.02. The molecule has 0 unspecified atom stereocenters. The van der Waals surface area contributed by atoms with E-state index in [9.17, 15) is 19.6 Å². The van der Waals surface area contributed by atoms with E-state index in [-0.39, 0.29) is 22.3 Å². The van der Waals surface area contributed by atoms with Crippen molar-refractivity contribution in [2.75, 3.05) is 25.3 Å². The molecule has 2 N–H and O–H groups in total. The second-order valence-corrected chi connectivity index (χ2v) is 7.78. The van der Waals surface area contributed by atoms with Crippen LogP contribution < -0.4 is 15.4 Å². The number of nitriles is 1. The number of amides is 2. The van der Waals surface area contributed by atoms with Gasteiger partial charge in [0.15, 0.2) is 0 Å². The lowest BCUT2D eigenvalue weighted by molar-refractivity contribution is -0.150. The average molecular weight is 452 g/mol. The van der Waals surface area contributed by atoms with Gasteiger partial charge in [-0.1, -0.05) is 42.1 Å². The van der Waals surface area contributed by atoms with Gasteiger partial charge >= 0.3 is 5.97 Å². The maximum absolute atomic E-state index is 12.8.